The number of methoxy groups -OCH3 is 2. The average Bonchev–Trinajstić information content (AvgIpc) is 3.36. The lowest BCUT2D eigenvalue weighted by molar-refractivity contribution is 0.102. The van der Waals surface area contributed by atoms with Crippen LogP contribution in [-0.2, 0) is 0 Å². The van der Waals surface area contributed by atoms with E-state index in [4.69, 9.17) is 9.47 Å². The van der Waals surface area contributed by atoms with Crippen LogP contribution in [0.3, 0.4) is 0 Å². The zero-order chi connectivity index (χ0) is 18.8. The summed E-state index contributed by atoms with van der Waals surface area (Å²) in [5, 5.41) is 2.74. The molecule has 0 saturated carbocycles. The Hall–Kier alpha value is -3.81. The van der Waals surface area contributed by atoms with Crippen molar-refractivity contribution in [3.63, 3.8) is 0 Å². The lowest BCUT2D eigenvalue weighted by atomic mass is 10.3. The molecule has 0 atom stereocenters. The molecular weight excluding hydrogens is 346 g/mol. The lowest BCUT2D eigenvalue weighted by Crippen LogP contribution is -2.15. The van der Waals surface area contributed by atoms with Gasteiger partial charge in [-0.25, -0.2) is 4.98 Å². The monoisotopic (exact) mass is 363 g/mol. The number of imidazole rings is 1. The molecule has 3 heterocycles. The Morgan fingerprint density at radius 3 is 2.59 bits per heavy atom. The number of benzene rings is 1. The molecule has 3 aromatic heterocycles. The number of anilines is 1. The van der Waals surface area contributed by atoms with E-state index in [0.717, 1.165) is 11.2 Å². The minimum absolute atomic E-state index is 0.289. The summed E-state index contributed by atoms with van der Waals surface area (Å²) in [5.41, 5.74) is 2.50. The molecular formula is C19H17N5O3. The molecule has 0 radical (unpaired) electrons. The van der Waals surface area contributed by atoms with Crippen molar-refractivity contribution in [3.8, 4) is 17.2 Å². The summed E-state index contributed by atoms with van der Waals surface area (Å²) < 4.78 is 12.5. The smallest absolute Gasteiger partial charge is 0.276 e. The third-order valence-electron chi connectivity index (χ3n) is 4.10. The number of rotatable bonds is 5. The largest absolute Gasteiger partial charge is 0.493 e. The molecule has 0 bridgehead atoms. The Bertz CT molecular complexity index is 1060. The van der Waals surface area contributed by atoms with Crippen LogP contribution in [0.4, 0.5) is 5.95 Å². The van der Waals surface area contributed by atoms with Gasteiger partial charge < -0.3 is 19.0 Å². The van der Waals surface area contributed by atoms with Crippen molar-refractivity contribution < 1.29 is 14.3 Å². The summed E-state index contributed by atoms with van der Waals surface area (Å²) in [4.78, 5) is 24.1. The van der Waals surface area contributed by atoms with Crippen LogP contribution in [0.25, 0.3) is 16.7 Å². The van der Waals surface area contributed by atoms with E-state index in [2.05, 4.69) is 20.3 Å². The van der Waals surface area contributed by atoms with Crippen molar-refractivity contribution in [1.82, 2.24) is 19.5 Å². The first-order valence-corrected chi connectivity index (χ1v) is 8.20. The van der Waals surface area contributed by atoms with Crippen LogP contribution in [0.2, 0.25) is 0 Å². The summed E-state index contributed by atoms with van der Waals surface area (Å²) in [7, 11) is 3.12. The molecule has 2 N–H and O–H groups in total. The van der Waals surface area contributed by atoms with E-state index in [1.165, 1.54) is 0 Å². The van der Waals surface area contributed by atoms with E-state index >= 15 is 0 Å². The second-order valence-corrected chi connectivity index (χ2v) is 5.75. The number of hydrogen-bond donors (Lipinski definition) is 2. The Balaban J connectivity index is 1.60. The van der Waals surface area contributed by atoms with Gasteiger partial charge in [0.25, 0.3) is 5.91 Å². The first-order chi connectivity index (χ1) is 13.2. The van der Waals surface area contributed by atoms with Crippen LogP contribution < -0.4 is 14.8 Å². The summed E-state index contributed by atoms with van der Waals surface area (Å²) in [6.07, 6.45) is 5.40. The number of aromatic nitrogens is 4. The van der Waals surface area contributed by atoms with Crippen molar-refractivity contribution in [2.24, 2.45) is 0 Å². The molecule has 4 aromatic rings. The average molecular weight is 363 g/mol. The number of ether oxygens (including phenoxy) is 2. The minimum Gasteiger partial charge on any atom is -0.493 e. The molecule has 0 fully saturated rings. The molecule has 0 aliphatic heterocycles. The van der Waals surface area contributed by atoms with Gasteiger partial charge in [0.15, 0.2) is 11.5 Å². The Labute approximate surface area is 154 Å². The number of carbonyl (C=O) groups excluding carboxylic acids is 1. The van der Waals surface area contributed by atoms with E-state index in [0.29, 0.717) is 23.0 Å². The van der Waals surface area contributed by atoms with Crippen molar-refractivity contribution in [2.45, 2.75) is 0 Å². The van der Waals surface area contributed by atoms with Crippen LogP contribution in [0.1, 0.15) is 10.5 Å². The number of nitrogens with zero attached hydrogens (tertiary/aromatic N) is 3. The van der Waals surface area contributed by atoms with Gasteiger partial charge in [0.1, 0.15) is 5.69 Å². The van der Waals surface area contributed by atoms with E-state index in [1.807, 2.05) is 35.2 Å². The number of nitrogens with one attached hydrogen (secondary N) is 2. The second-order valence-electron chi connectivity index (χ2n) is 5.75. The Morgan fingerprint density at radius 1 is 1.11 bits per heavy atom. The van der Waals surface area contributed by atoms with Gasteiger partial charge in [0.05, 0.1) is 25.3 Å². The Kier molecular flexibility index (Phi) is 4.21. The maximum atomic E-state index is 12.6. The molecule has 8 nitrogen and oxygen atoms in total. The number of carbonyl (C=O) groups is 1. The van der Waals surface area contributed by atoms with E-state index < -0.39 is 0 Å². The van der Waals surface area contributed by atoms with Gasteiger partial charge in [-0.05, 0) is 24.3 Å². The molecule has 0 unspecified atom stereocenters. The predicted octanol–water partition coefficient (Wildman–Crippen LogP) is 3.02. The lowest BCUT2D eigenvalue weighted by Gasteiger charge is -2.06. The van der Waals surface area contributed by atoms with E-state index in [-0.39, 0.29) is 11.6 Å². The standard InChI is InChI=1S/C19H17N5O3/c1-26-16-10-13-14(11-17(16)27-2)22-19(21-13)23-18(25)15-9-12(5-6-20-15)24-7-3-4-8-24/h3-11H,1-2H3,(H2,21,22,23,25). The fourth-order valence-corrected chi connectivity index (χ4v) is 2.78. The highest BCUT2D eigenvalue weighted by Gasteiger charge is 2.14. The molecule has 0 aliphatic carbocycles. The van der Waals surface area contributed by atoms with E-state index in [1.54, 1.807) is 38.6 Å². The first kappa shape index (κ1) is 16.6. The molecule has 0 saturated heterocycles. The van der Waals surface area contributed by atoms with Gasteiger partial charge >= 0.3 is 0 Å². The van der Waals surface area contributed by atoms with Crippen LogP contribution >= 0.6 is 0 Å². The number of pyridine rings is 1. The predicted molar refractivity (Wildman–Crippen MR) is 101 cm³/mol. The van der Waals surface area contributed by atoms with Gasteiger partial charge in [0, 0.05) is 36.4 Å². The first-order valence-electron chi connectivity index (χ1n) is 8.20. The normalized spacial score (nSPS) is 10.7. The van der Waals surface area contributed by atoms with Gasteiger partial charge in [-0.3, -0.25) is 15.1 Å². The SMILES string of the molecule is COc1cc2nc(NC(=O)c3cc(-n4cccc4)ccn3)[nH]c2cc1OC. The fourth-order valence-electron chi connectivity index (χ4n) is 2.78. The van der Waals surface area contributed by atoms with Gasteiger partial charge in [0.2, 0.25) is 5.95 Å². The van der Waals surface area contributed by atoms with Gasteiger partial charge in [-0.1, -0.05) is 0 Å². The van der Waals surface area contributed by atoms with Crippen molar-refractivity contribution in [3.05, 3.63) is 60.7 Å². The second kappa shape index (κ2) is 6.83. The highest BCUT2D eigenvalue weighted by molar-refractivity contribution is 6.03. The number of aromatic amines is 1. The maximum Gasteiger partial charge on any atom is 0.276 e. The molecule has 8 heteroatoms. The van der Waals surface area contributed by atoms with Crippen LogP contribution in [0.15, 0.2) is 55.0 Å². The highest BCUT2D eigenvalue weighted by atomic mass is 16.5. The van der Waals surface area contributed by atoms with E-state index in [9.17, 15) is 4.79 Å². The minimum atomic E-state index is -0.359. The third-order valence-corrected chi connectivity index (χ3v) is 4.10. The van der Waals surface area contributed by atoms with Gasteiger partial charge in [-0.2, -0.15) is 0 Å². The highest BCUT2D eigenvalue weighted by Crippen LogP contribution is 2.31. The van der Waals surface area contributed by atoms with Crippen molar-refractivity contribution >= 4 is 22.9 Å². The number of amides is 1. The molecule has 4 rings (SSSR count). The summed E-state index contributed by atoms with van der Waals surface area (Å²) in [5.74, 6) is 1.10. The quantitative estimate of drug-likeness (QED) is 0.568. The molecule has 1 aromatic carbocycles. The number of fused-ring (bicyclic) bond motifs is 1. The summed E-state index contributed by atoms with van der Waals surface area (Å²) >= 11 is 0. The summed E-state index contributed by atoms with van der Waals surface area (Å²) in [6.45, 7) is 0. The molecule has 0 aliphatic rings. The third kappa shape index (κ3) is 3.20. The van der Waals surface area contributed by atoms with Crippen LogP contribution in [-0.4, -0.2) is 39.6 Å². The zero-order valence-electron chi connectivity index (χ0n) is 14.8. The molecule has 0 spiro atoms. The molecule has 27 heavy (non-hydrogen) atoms. The van der Waals surface area contributed by atoms with Gasteiger partial charge in [-0.15, -0.1) is 0 Å². The fraction of sp³-hybridized carbons (Fsp3) is 0.105. The molecule has 136 valence electrons. The molecule has 1 amide bonds. The zero-order valence-corrected chi connectivity index (χ0v) is 14.8. The summed E-state index contributed by atoms with van der Waals surface area (Å²) in [6, 6.07) is 10.9. The van der Waals surface area contributed by atoms with Crippen molar-refractivity contribution in [2.75, 3.05) is 19.5 Å². The van der Waals surface area contributed by atoms with Crippen molar-refractivity contribution in [1.29, 1.82) is 0 Å². The maximum absolute atomic E-state index is 12.6. The van der Waals surface area contributed by atoms with Crippen LogP contribution in [0, 0.1) is 0 Å². The number of H-pyrrole nitrogens is 1. The topological polar surface area (TPSA) is 94.1 Å². The number of hydrogen-bond acceptors (Lipinski definition) is 5. The van der Waals surface area contributed by atoms with Crippen LogP contribution in [0.5, 0.6) is 11.5 Å². The Morgan fingerprint density at radius 2 is 1.85 bits per heavy atom.